The van der Waals surface area contributed by atoms with Gasteiger partial charge in [-0.15, -0.1) is 0 Å². The van der Waals surface area contributed by atoms with Gasteiger partial charge in [0.05, 0.1) is 0 Å². The van der Waals surface area contributed by atoms with Crippen LogP contribution in [0.25, 0.3) is 11.1 Å². The van der Waals surface area contributed by atoms with Gasteiger partial charge in [-0.1, -0.05) is 12.2 Å². The summed E-state index contributed by atoms with van der Waals surface area (Å²) in [4.78, 5) is 0. The first-order valence-electron chi connectivity index (χ1n) is 14.6. The zero-order valence-corrected chi connectivity index (χ0v) is 23.6. The lowest BCUT2D eigenvalue weighted by Gasteiger charge is -2.37. The Morgan fingerprint density at radius 3 is 1.77 bits per heavy atom. The number of halogens is 8. The van der Waals surface area contributed by atoms with Gasteiger partial charge in [-0.25, -0.2) is 26.3 Å². The van der Waals surface area contributed by atoms with E-state index in [-0.39, 0.29) is 11.5 Å². The number of allylic oxidation sites excluding steroid dienone is 2. The summed E-state index contributed by atoms with van der Waals surface area (Å²) in [5.41, 5.74) is -2.09. The quantitative estimate of drug-likeness (QED) is 0.147. The number of hydrogen-bond donors (Lipinski definition) is 0. The van der Waals surface area contributed by atoms with Crippen LogP contribution in [0.2, 0.25) is 0 Å². The van der Waals surface area contributed by atoms with Gasteiger partial charge >= 0.3 is 6.11 Å². The smallest absolute Gasteiger partial charge is 0.429 e. The molecule has 2 fully saturated rings. The summed E-state index contributed by atoms with van der Waals surface area (Å²) in [5.74, 6) is -8.13. The first kappa shape index (κ1) is 31.1. The second kappa shape index (κ2) is 12.7. The van der Waals surface area contributed by atoms with Crippen LogP contribution in [0.5, 0.6) is 5.75 Å². The van der Waals surface area contributed by atoms with Gasteiger partial charge in [0.2, 0.25) is 0 Å². The van der Waals surface area contributed by atoms with Crippen LogP contribution in [0, 0.1) is 52.7 Å². The Balaban J connectivity index is 1.26. The van der Waals surface area contributed by atoms with E-state index in [0.717, 1.165) is 49.9 Å². The van der Waals surface area contributed by atoms with Crippen molar-refractivity contribution in [3.63, 3.8) is 0 Å². The van der Waals surface area contributed by atoms with Gasteiger partial charge < -0.3 is 4.74 Å². The Bertz CT molecular complexity index is 1440. The summed E-state index contributed by atoms with van der Waals surface area (Å²) in [7, 11) is 0. The van der Waals surface area contributed by atoms with E-state index in [0.29, 0.717) is 41.5 Å². The van der Waals surface area contributed by atoms with Gasteiger partial charge in [-0.2, -0.15) is 8.78 Å². The summed E-state index contributed by atoms with van der Waals surface area (Å²) in [5, 5.41) is 0. The van der Waals surface area contributed by atoms with Crippen molar-refractivity contribution in [1.29, 1.82) is 0 Å². The average Bonchev–Trinajstić information content (AvgIpc) is 2.95. The predicted molar refractivity (Wildman–Crippen MR) is 148 cm³/mol. The van der Waals surface area contributed by atoms with Crippen LogP contribution in [0.15, 0.2) is 54.6 Å². The molecule has 0 amide bonds. The molecule has 0 heterocycles. The summed E-state index contributed by atoms with van der Waals surface area (Å²) < 4.78 is 120. The molecule has 5 rings (SSSR count). The lowest BCUT2D eigenvalue weighted by Crippen LogP contribution is -2.26. The average molecular weight is 609 g/mol. The van der Waals surface area contributed by atoms with Gasteiger partial charge in [0.15, 0.2) is 17.5 Å². The Morgan fingerprint density at radius 2 is 1.23 bits per heavy atom. The molecule has 2 saturated carbocycles. The summed E-state index contributed by atoms with van der Waals surface area (Å²) in [6.45, 7) is 2.03. The molecular formula is C34H32F8O. The molecule has 0 saturated heterocycles. The molecule has 0 aromatic heterocycles. The van der Waals surface area contributed by atoms with E-state index in [4.69, 9.17) is 0 Å². The van der Waals surface area contributed by atoms with Crippen LogP contribution in [-0.4, -0.2) is 0 Å². The number of rotatable bonds is 7. The minimum Gasteiger partial charge on any atom is -0.429 e. The highest BCUT2D eigenvalue weighted by molar-refractivity contribution is 5.65. The molecule has 0 aliphatic heterocycles. The van der Waals surface area contributed by atoms with Crippen molar-refractivity contribution < 1.29 is 39.9 Å². The standard InChI is InChI=1S/C34H32F8O/c1-2-3-19-4-6-20(7-5-19)21-8-10-22(11-9-21)23-14-28(36)32(29(37)15-23)34(41,42)43-25-12-13-26(27(35)18-25)24-16-30(38)33(40)31(39)17-24/h2-3,12-22H,4-11H2,1H3/b3-2+. The number of benzene rings is 3. The molecule has 0 atom stereocenters. The van der Waals surface area contributed by atoms with E-state index in [9.17, 15) is 17.6 Å². The van der Waals surface area contributed by atoms with Crippen molar-refractivity contribution in [1.82, 2.24) is 0 Å². The number of hydrogen-bond acceptors (Lipinski definition) is 1. The van der Waals surface area contributed by atoms with Gasteiger partial charge in [0, 0.05) is 11.6 Å². The lowest BCUT2D eigenvalue weighted by atomic mass is 9.68. The van der Waals surface area contributed by atoms with Crippen LogP contribution in [0.1, 0.15) is 75.3 Å². The minimum atomic E-state index is -4.50. The molecule has 43 heavy (non-hydrogen) atoms. The molecule has 1 nitrogen and oxygen atoms in total. The van der Waals surface area contributed by atoms with E-state index in [1.165, 1.54) is 25.7 Å². The number of ether oxygens (including phenoxy) is 1. The van der Waals surface area contributed by atoms with Crippen molar-refractivity contribution in [2.75, 3.05) is 0 Å². The van der Waals surface area contributed by atoms with Crippen LogP contribution in [0.4, 0.5) is 35.1 Å². The lowest BCUT2D eigenvalue weighted by molar-refractivity contribution is -0.189. The monoisotopic (exact) mass is 608 g/mol. The van der Waals surface area contributed by atoms with E-state index >= 15 is 17.6 Å². The fourth-order valence-corrected chi connectivity index (χ4v) is 6.81. The van der Waals surface area contributed by atoms with Crippen LogP contribution in [0.3, 0.4) is 0 Å². The Labute approximate surface area is 245 Å². The van der Waals surface area contributed by atoms with Crippen LogP contribution >= 0.6 is 0 Å². The van der Waals surface area contributed by atoms with Crippen LogP contribution in [-0.2, 0) is 6.11 Å². The molecule has 0 spiro atoms. The summed E-state index contributed by atoms with van der Waals surface area (Å²) in [6, 6.07) is 5.14. The third kappa shape index (κ3) is 6.75. The molecule has 0 bridgehead atoms. The predicted octanol–water partition coefficient (Wildman–Crippen LogP) is 11.0. The molecule has 0 radical (unpaired) electrons. The van der Waals surface area contributed by atoms with E-state index < -0.39 is 57.9 Å². The Kier molecular flexibility index (Phi) is 9.18. The number of alkyl halides is 2. The molecule has 2 aliphatic carbocycles. The maximum atomic E-state index is 15.0. The first-order valence-corrected chi connectivity index (χ1v) is 14.6. The van der Waals surface area contributed by atoms with E-state index in [1.807, 2.05) is 6.92 Å². The summed E-state index contributed by atoms with van der Waals surface area (Å²) in [6.07, 6.45) is 7.85. The minimum absolute atomic E-state index is 0.147. The third-order valence-electron chi connectivity index (χ3n) is 9.03. The highest BCUT2D eigenvalue weighted by Gasteiger charge is 2.42. The molecule has 2 aliphatic rings. The van der Waals surface area contributed by atoms with Gasteiger partial charge in [-0.05, 0) is 129 Å². The van der Waals surface area contributed by atoms with E-state index in [2.05, 4.69) is 16.9 Å². The zero-order chi connectivity index (χ0) is 30.9. The SMILES string of the molecule is C/C=C/C1CCC(C2CCC(c3cc(F)c(C(F)(F)Oc4ccc(-c5cc(F)c(F)c(F)c5)c(F)c4)c(F)c3)CC2)CC1. The summed E-state index contributed by atoms with van der Waals surface area (Å²) >= 11 is 0. The highest BCUT2D eigenvalue weighted by atomic mass is 19.3. The fourth-order valence-electron chi connectivity index (χ4n) is 6.81. The highest BCUT2D eigenvalue weighted by Crippen LogP contribution is 2.45. The molecule has 3 aromatic carbocycles. The van der Waals surface area contributed by atoms with Crippen molar-refractivity contribution in [3.8, 4) is 16.9 Å². The largest absolute Gasteiger partial charge is 0.432 e. The molecule has 0 unspecified atom stereocenters. The maximum absolute atomic E-state index is 15.0. The van der Waals surface area contributed by atoms with Crippen molar-refractivity contribution >= 4 is 0 Å². The van der Waals surface area contributed by atoms with Crippen LogP contribution < -0.4 is 4.74 Å². The van der Waals surface area contributed by atoms with E-state index in [1.54, 1.807) is 0 Å². The van der Waals surface area contributed by atoms with Crippen molar-refractivity contribution in [2.24, 2.45) is 17.8 Å². The van der Waals surface area contributed by atoms with Gasteiger partial charge in [0.25, 0.3) is 0 Å². The second-order valence-electron chi connectivity index (χ2n) is 11.7. The molecule has 9 heteroatoms. The third-order valence-corrected chi connectivity index (χ3v) is 9.03. The fraction of sp³-hybridized carbons (Fsp3) is 0.412. The first-order chi connectivity index (χ1) is 20.5. The zero-order valence-electron chi connectivity index (χ0n) is 23.6. The maximum Gasteiger partial charge on any atom is 0.432 e. The Hall–Kier alpha value is -3.36. The van der Waals surface area contributed by atoms with Gasteiger partial charge in [-0.3, -0.25) is 0 Å². The molecule has 230 valence electrons. The van der Waals surface area contributed by atoms with Gasteiger partial charge in [0.1, 0.15) is 28.8 Å². The molecule has 0 N–H and O–H groups in total. The van der Waals surface area contributed by atoms with Crippen molar-refractivity contribution in [2.45, 2.75) is 70.3 Å². The second-order valence-corrected chi connectivity index (χ2v) is 11.7. The molecular weight excluding hydrogens is 576 g/mol. The molecule has 3 aromatic rings. The Morgan fingerprint density at radius 1 is 0.674 bits per heavy atom. The topological polar surface area (TPSA) is 9.23 Å². The normalized spacial score (nSPS) is 23.1. The van der Waals surface area contributed by atoms with Crippen molar-refractivity contribution in [3.05, 3.63) is 101 Å².